The maximum Gasteiger partial charge on any atom is 0.328 e. The number of nitrogens with zero attached hydrogens (tertiary/aromatic N) is 2. The van der Waals surface area contributed by atoms with Crippen LogP contribution in [-0.4, -0.2) is 40.1 Å². The molecule has 6 nitrogen and oxygen atoms in total. The predicted octanol–water partition coefficient (Wildman–Crippen LogP) is 2.63. The van der Waals surface area contributed by atoms with E-state index < -0.39 is 10.9 Å². The largest absolute Gasteiger partial charge is 0.478 e. The Morgan fingerprint density at radius 1 is 1.57 bits per heavy atom. The van der Waals surface area contributed by atoms with Crippen molar-refractivity contribution in [1.82, 2.24) is 0 Å². The molecule has 1 saturated heterocycles. The number of rotatable bonds is 4. The molecule has 0 aliphatic carbocycles. The SMILES string of the molecule is CC1CN(c2ccc(/C=C/C(=O)O)cc2[N+](=O)[O-])CCS1. The maximum absolute atomic E-state index is 11.3. The Balaban J connectivity index is 2.33. The van der Waals surface area contributed by atoms with E-state index in [4.69, 9.17) is 5.11 Å². The summed E-state index contributed by atoms with van der Waals surface area (Å²) < 4.78 is 0. The van der Waals surface area contributed by atoms with E-state index in [9.17, 15) is 14.9 Å². The van der Waals surface area contributed by atoms with Crippen LogP contribution in [-0.2, 0) is 4.79 Å². The number of hydrogen-bond donors (Lipinski definition) is 1. The minimum atomic E-state index is -1.08. The van der Waals surface area contributed by atoms with Crippen molar-refractivity contribution in [3.8, 4) is 0 Å². The Morgan fingerprint density at radius 2 is 2.33 bits per heavy atom. The Kier molecular flexibility index (Phi) is 4.85. The lowest BCUT2D eigenvalue weighted by Crippen LogP contribution is -2.36. The van der Waals surface area contributed by atoms with Crippen LogP contribution in [0.5, 0.6) is 0 Å². The average molecular weight is 308 g/mol. The molecule has 0 radical (unpaired) electrons. The van der Waals surface area contributed by atoms with Gasteiger partial charge in [0, 0.05) is 36.2 Å². The van der Waals surface area contributed by atoms with Gasteiger partial charge in [0.1, 0.15) is 5.69 Å². The van der Waals surface area contributed by atoms with Gasteiger partial charge in [0.2, 0.25) is 0 Å². The molecule has 112 valence electrons. The summed E-state index contributed by atoms with van der Waals surface area (Å²) in [5.74, 6) is -0.137. The zero-order chi connectivity index (χ0) is 15.4. The lowest BCUT2D eigenvalue weighted by molar-refractivity contribution is -0.384. The van der Waals surface area contributed by atoms with Crippen LogP contribution in [0.3, 0.4) is 0 Å². The Bertz CT molecular complexity index is 588. The molecule has 0 bridgehead atoms. The van der Waals surface area contributed by atoms with Gasteiger partial charge < -0.3 is 10.0 Å². The second-order valence-electron chi connectivity index (χ2n) is 4.80. The summed E-state index contributed by atoms with van der Waals surface area (Å²) in [5, 5.41) is 20.3. The molecule has 1 heterocycles. The van der Waals surface area contributed by atoms with E-state index in [2.05, 4.69) is 6.92 Å². The third-order valence-corrected chi connectivity index (χ3v) is 4.33. The first-order valence-corrected chi connectivity index (χ1v) is 7.58. The molecular weight excluding hydrogens is 292 g/mol. The van der Waals surface area contributed by atoms with E-state index in [-0.39, 0.29) is 5.69 Å². The second-order valence-corrected chi connectivity index (χ2v) is 6.35. The first-order valence-electron chi connectivity index (χ1n) is 6.53. The molecule has 0 spiro atoms. The van der Waals surface area contributed by atoms with E-state index in [1.165, 1.54) is 12.1 Å². The number of nitro benzene ring substituents is 1. The molecular formula is C14H16N2O4S. The van der Waals surface area contributed by atoms with Gasteiger partial charge in [-0.1, -0.05) is 13.0 Å². The van der Waals surface area contributed by atoms with Crippen molar-refractivity contribution in [2.45, 2.75) is 12.2 Å². The standard InChI is InChI=1S/C14H16N2O4S/c1-10-9-15(6-7-21-10)12-4-2-11(3-5-14(17)18)8-13(12)16(19)20/h2-5,8,10H,6-7,9H2,1H3,(H,17,18)/b5-3+. The molecule has 1 aromatic rings. The minimum absolute atomic E-state index is 0.0154. The Hall–Kier alpha value is -2.02. The van der Waals surface area contributed by atoms with E-state index in [1.54, 1.807) is 12.1 Å². The minimum Gasteiger partial charge on any atom is -0.478 e. The van der Waals surface area contributed by atoms with Crippen molar-refractivity contribution < 1.29 is 14.8 Å². The van der Waals surface area contributed by atoms with Gasteiger partial charge in [0.05, 0.1) is 4.92 Å². The van der Waals surface area contributed by atoms with Crippen molar-refractivity contribution in [3.05, 3.63) is 40.0 Å². The van der Waals surface area contributed by atoms with Crippen molar-refractivity contribution in [2.75, 3.05) is 23.7 Å². The van der Waals surface area contributed by atoms with Gasteiger partial charge in [-0.3, -0.25) is 10.1 Å². The van der Waals surface area contributed by atoms with Crippen LogP contribution < -0.4 is 4.90 Å². The summed E-state index contributed by atoms with van der Waals surface area (Å²) in [6.07, 6.45) is 2.33. The fourth-order valence-electron chi connectivity index (χ4n) is 2.26. The van der Waals surface area contributed by atoms with E-state index in [0.717, 1.165) is 24.9 Å². The molecule has 1 atom stereocenters. The van der Waals surface area contributed by atoms with Crippen LogP contribution in [0.1, 0.15) is 12.5 Å². The highest BCUT2D eigenvalue weighted by atomic mass is 32.2. The van der Waals surface area contributed by atoms with Crippen molar-refractivity contribution in [1.29, 1.82) is 0 Å². The number of nitro groups is 1. The number of carboxylic acids is 1. The summed E-state index contributed by atoms with van der Waals surface area (Å²) in [5.41, 5.74) is 1.12. The summed E-state index contributed by atoms with van der Waals surface area (Å²) in [7, 11) is 0. The quantitative estimate of drug-likeness (QED) is 0.523. The van der Waals surface area contributed by atoms with E-state index in [0.29, 0.717) is 16.5 Å². The molecule has 7 heteroatoms. The van der Waals surface area contributed by atoms with Crippen molar-refractivity contribution in [3.63, 3.8) is 0 Å². The fourth-order valence-corrected chi connectivity index (χ4v) is 3.28. The van der Waals surface area contributed by atoms with Crippen LogP contribution in [0.2, 0.25) is 0 Å². The zero-order valence-corrected chi connectivity index (χ0v) is 12.4. The monoisotopic (exact) mass is 308 g/mol. The van der Waals surface area contributed by atoms with Gasteiger partial charge in [-0.05, 0) is 17.7 Å². The highest BCUT2D eigenvalue weighted by Crippen LogP contribution is 2.32. The highest BCUT2D eigenvalue weighted by molar-refractivity contribution is 8.00. The highest BCUT2D eigenvalue weighted by Gasteiger charge is 2.24. The van der Waals surface area contributed by atoms with Crippen LogP contribution in [0, 0.1) is 10.1 Å². The van der Waals surface area contributed by atoms with Gasteiger partial charge in [-0.2, -0.15) is 11.8 Å². The van der Waals surface area contributed by atoms with Crippen LogP contribution in [0.4, 0.5) is 11.4 Å². The number of benzene rings is 1. The van der Waals surface area contributed by atoms with Gasteiger partial charge in [0.25, 0.3) is 5.69 Å². The first-order chi connectivity index (χ1) is 9.97. The third-order valence-electron chi connectivity index (χ3n) is 3.20. The Morgan fingerprint density at radius 3 is 2.95 bits per heavy atom. The number of thioether (sulfide) groups is 1. The van der Waals surface area contributed by atoms with Crippen molar-refractivity contribution >= 4 is 35.2 Å². The average Bonchev–Trinajstić information content (AvgIpc) is 2.44. The lowest BCUT2D eigenvalue weighted by Gasteiger charge is -2.32. The van der Waals surface area contributed by atoms with Crippen LogP contribution in [0.25, 0.3) is 6.08 Å². The lowest BCUT2D eigenvalue weighted by atomic mass is 10.1. The smallest absolute Gasteiger partial charge is 0.328 e. The second kappa shape index (κ2) is 6.62. The molecule has 1 aliphatic rings. The molecule has 1 aliphatic heterocycles. The number of anilines is 1. The molecule has 2 rings (SSSR count). The Labute approximate surface area is 126 Å². The topological polar surface area (TPSA) is 83.7 Å². The molecule has 0 saturated carbocycles. The fraction of sp³-hybridized carbons (Fsp3) is 0.357. The molecule has 21 heavy (non-hydrogen) atoms. The normalized spacial score (nSPS) is 18.9. The third kappa shape index (κ3) is 3.98. The van der Waals surface area contributed by atoms with E-state index >= 15 is 0 Å². The van der Waals surface area contributed by atoms with E-state index in [1.807, 2.05) is 16.7 Å². The molecule has 1 aromatic carbocycles. The molecule has 1 N–H and O–H groups in total. The first kappa shape index (κ1) is 15.4. The van der Waals surface area contributed by atoms with Gasteiger partial charge in [-0.15, -0.1) is 0 Å². The molecule has 1 fully saturated rings. The summed E-state index contributed by atoms with van der Waals surface area (Å²) in [6.45, 7) is 3.66. The number of carboxylic acid groups (broad SMARTS) is 1. The van der Waals surface area contributed by atoms with Crippen LogP contribution in [0.15, 0.2) is 24.3 Å². The maximum atomic E-state index is 11.3. The molecule has 0 aromatic heterocycles. The number of carbonyl (C=O) groups is 1. The summed E-state index contributed by atoms with van der Waals surface area (Å²) >= 11 is 1.86. The molecule has 0 amide bonds. The predicted molar refractivity (Wildman–Crippen MR) is 83.9 cm³/mol. The number of hydrogen-bond acceptors (Lipinski definition) is 5. The van der Waals surface area contributed by atoms with Gasteiger partial charge in [-0.25, -0.2) is 4.79 Å². The van der Waals surface area contributed by atoms with Crippen molar-refractivity contribution in [2.24, 2.45) is 0 Å². The summed E-state index contributed by atoms with van der Waals surface area (Å²) in [6, 6.07) is 4.82. The van der Waals surface area contributed by atoms with Gasteiger partial charge >= 0.3 is 5.97 Å². The summed E-state index contributed by atoms with van der Waals surface area (Å²) in [4.78, 5) is 23.4. The van der Waals surface area contributed by atoms with Crippen LogP contribution >= 0.6 is 11.8 Å². The van der Waals surface area contributed by atoms with Gasteiger partial charge in [0.15, 0.2) is 0 Å². The number of aliphatic carboxylic acids is 1. The zero-order valence-electron chi connectivity index (χ0n) is 11.6. The molecule has 1 unspecified atom stereocenters.